The molecule has 0 fully saturated rings. The van der Waals surface area contributed by atoms with Gasteiger partial charge in [-0.05, 0) is 16.3 Å². The minimum absolute atomic E-state index is 0.0325. The largest absolute Gasteiger partial charge is 0.351 e. The Morgan fingerprint density at radius 1 is 1.12 bits per heavy atom. The van der Waals surface area contributed by atoms with Crippen LogP contribution in [0.4, 0.5) is 0 Å². The van der Waals surface area contributed by atoms with Gasteiger partial charge in [0.1, 0.15) is 0 Å². The van der Waals surface area contributed by atoms with Crippen LogP contribution in [0.3, 0.4) is 0 Å². The number of amides is 1. The zero-order valence-electron chi connectivity index (χ0n) is 8.94. The normalized spacial score (nSPS) is 10.3. The van der Waals surface area contributed by atoms with E-state index in [0.717, 1.165) is 5.56 Å². The lowest BCUT2D eigenvalue weighted by Gasteiger charge is -2.07. The molecule has 82 valence electrons. The van der Waals surface area contributed by atoms with E-state index in [-0.39, 0.29) is 12.5 Å². The van der Waals surface area contributed by atoms with E-state index in [1.165, 1.54) is 10.8 Å². The molecule has 0 unspecified atom stereocenters. The van der Waals surface area contributed by atoms with Crippen LogP contribution < -0.4 is 11.1 Å². The highest BCUT2D eigenvalue weighted by Gasteiger charge is 2.01. The summed E-state index contributed by atoms with van der Waals surface area (Å²) in [4.78, 5) is 11.1. The fraction of sp³-hybridized carbons (Fsp3) is 0.154. The maximum atomic E-state index is 11.1. The molecule has 0 aliphatic carbocycles. The Bertz CT molecular complexity index is 503. The summed E-state index contributed by atoms with van der Waals surface area (Å²) in [5, 5.41) is 5.13. The fourth-order valence-electron chi connectivity index (χ4n) is 1.71. The molecule has 2 aromatic carbocycles. The van der Waals surface area contributed by atoms with Crippen molar-refractivity contribution in [1.82, 2.24) is 5.32 Å². The summed E-state index contributed by atoms with van der Waals surface area (Å²) in [5.74, 6) is -0.132. The lowest BCUT2D eigenvalue weighted by atomic mass is 10.0. The molecule has 0 bridgehead atoms. The van der Waals surface area contributed by atoms with E-state index in [1.54, 1.807) is 0 Å². The smallest absolute Gasteiger partial charge is 0.234 e. The first-order chi connectivity index (χ1) is 7.81. The number of rotatable bonds is 3. The zero-order chi connectivity index (χ0) is 11.4. The fourth-order valence-corrected chi connectivity index (χ4v) is 1.71. The van der Waals surface area contributed by atoms with Gasteiger partial charge in [0.05, 0.1) is 6.54 Å². The van der Waals surface area contributed by atoms with Gasteiger partial charge >= 0.3 is 0 Å². The molecule has 0 heterocycles. The number of carbonyl (C=O) groups is 1. The Labute approximate surface area is 94.3 Å². The van der Waals surface area contributed by atoms with Crippen molar-refractivity contribution < 1.29 is 4.79 Å². The maximum Gasteiger partial charge on any atom is 0.234 e. The highest BCUT2D eigenvalue weighted by Crippen LogP contribution is 2.17. The maximum absolute atomic E-state index is 11.1. The van der Waals surface area contributed by atoms with E-state index in [2.05, 4.69) is 23.5 Å². The molecule has 0 atom stereocenters. The molecule has 2 rings (SSSR count). The van der Waals surface area contributed by atoms with Gasteiger partial charge in [-0.2, -0.15) is 0 Å². The zero-order valence-corrected chi connectivity index (χ0v) is 8.94. The predicted octanol–water partition coefficient (Wildman–Crippen LogP) is 1.41. The SMILES string of the molecule is NCC(=O)NCc1cccc2ccccc12. The summed E-state index contributed by atoms with van der Waals surface area (Å²) in [6, 6.07) is 14.2. The second-order valence-corrected chi connectivity index (χ2v) is 3.62. The highest BCUT2D eigenvalue weighted by atomic mass is 16.1. The summed E-state index contributed by atoms with van der Waals surface area (Å²) in [6.45, 7) is 0.558. The molecule has 0 radical (unpaired) electrons. The van der Waals surface area contributed by atoms with Gasteiger partial charge in [-0.3, -0.25) is 4.79 Å². The summed E-state index contributed by atoms with van der Waals surface area (Å²) < 4.78 is 0. The van der Waals surface area contributed by atoms with Crippen molar-refractivity contribution >= 4 is 16.7 Å². The molecule has 3 N–H and O–H groups in total. The van der Waals surface area contributed by atoms with Gasteiger partial charge in [-0.1, -0.05) is 42.5 Å². The van der Waals surface area contributed by atoms with E-state index in [0.29, 0.717) is 6.54 Å². The number of nitrogens with one attached hydrogen (secondary N) is 1. The first-order valence-electron chi connectivity index (χ1n) is 5.24. The van der Waals surface area contributed by atoms with Crippen molar-refractivity contribution in [1.29, 1.82) is 0 Å². The van der Waals surface area contributed by atoms with Crippen LogP contribution in [0, 0.1) is 0 Å². The summed E-state index contributed by atoms with van der Waals surface area (Å²) >= 11 is 0. The third kappa shape index (κ3) is 2.20. The number of fused-ring (bicyclic) bond motifs is 1. The number of carbonyl (C=O) groups excluding carboxylic acids is 1. The topological polar surface area (TPSA) is 55.1 Å². The van der Waals surface area contributed by atoms with Crippen LogP contribution in [-0.2, 0) is 11.3 Å². The Morgan fingerprint density at radius 3 is 2.69 bits per heavy atom. The molecule has 0 saturated carbocycles. The van der Waals surface area contributed by atoms with Gasteiger partial charge in [0, 0.05) is 6.54 Å². The third-order valence-corrected chi connectivity index (χ3v) is 2.54. The van der Waals surface area contributed by atoms with E-state index in [1.807, 2.05) is 24.3 Å². The van der Waals surface area contributed by atoms with Crippen molar-refractivity contribution in [2.45, 2.75) is 6.54 Å². The molecule has 1 amide bonds. The molecule has 16 heavy (non-hydrogen) atoms. The first-order valence-corrected chi connectivity index (χ1v) is 5.24. The van der Waals surface area contributed by atoms with Crippen LogP contribution >= 0.6 is 0 Å². The standard InChI is InChI=1S/C13H14N2O/c14-8-13(16)15-9-11-6-3-5-10-4-1-2-7-12(10)11/h1-7H,8-9,14H2,(H,15,16). The number of hydrogen-bond acceptors (Lipinski definition) is 2. The molecule has 0 aromatic heterocycles. The molecule has 2 aromatic rings. The minimum Gasteiger partial charge on any atom is -0.351 e. The molecule has 0 aliphatic rings. The van der Waals surface area contributed by atoms with Crippen molar-refractivity contribution in [2.24, 2.45) is 5.73 Å². The number of benzene rings is 2. The summed E-state index contributed by atoms with van der Waals surface area (Å²) in [7, 11) is 0. The van der Waals surface area contributed by atoms with Gasteiger partial charge in [-0.25, -0.2) is 0 Å². The number of nitrogens with two attached hydrogens (primary N) is 1. The number of hydrogen-bond donors (Lipinski definition) is 2. The quantitative estimate of drug-likeness (QED) is 0.811. The van der Waals surface area contributed by atoms with Crippen molar-refractivity contribution in [3.63, 3.8) is 0 Å². The second-order valence-electron chi connectivity index (χ2n) is 3.62. The highest BCUT2D eigenvalue weighted by molar-refractivity contribution is 5.86. The van der Waals surface area contributed by atoms with Crippen LogP contribution in [0.5, 0.6) is 0 Å². The van der Waals surface area contributed by atoms with Gasteiger partial charge in [0.2, 0.25) is 5.91 Å². The lowest BCUT2D eigenvalue weighted by Crippen LogP contribution is -2.29. The molecule has 3 nitrogen and oxygen atoms in total. The Kier molecular flexibility index (Phi) is 3.17. The van der Waals surface area contributed by atoms with Crippen molar-refractivity contribution in [3.05, 3.63) is 48.0 Å². The lowest BCUT2D eigenvalue weighted by molar-refractivity contribution is -0.119. The van der Waals surface area contributed by atoms with E-state index < -0.39 is 0 Å². The van der Waals surface area contributed by atoms with Gasteiger partial charge < -0.3 is 11.1 Å². The molecular formula is C13H14N2O. The summed E-state index contributed by atoms with van der Waals surface area (Å²) in [5.41, 5.74) is 6.35. The van der Waals surface area contributed by atoms with E-state index >= 15 is 0 Å². The van der Waals surface area contributed by atoms with Crippen LogP contribution in [0.2, 0.25) is 0 Å². The van der Waals surface area contributed by atoms with Crippen LogP contribution in [0.25, 0.3) is 10.8 Å². The predicted molar refractivity (Wildman–Crippen MR) is 64.8 cm³/mol. The molecule has 0 aliphatic heterocycles. The van der Waals surface area contributed by atoms with E-state index in [9.17, 15) is 4.79 Å². The average molecular weight is 214 g/mol. The monoisotopic (exact) mass is 214 g/mol. The Balaban J connectivity index is 2.27. The van der Waals surface area contributed by atoms with Crippen LogP contribution in [-0.4, -0.2) is 12.5 Å². The Hall–Kier alpha value is -1.87. The van der Waals surface area contributed by atoms with Crippen LogP contribution in [0.1, 0.15) is 5.56 Å². The van der Waals surface area contributed by atoms with Gasteiger partial charge in [0.15, 0.2) is 0 Å². The van der Waals surface area contributed by atoms with Crippen LogP contribution in [0.15, 0.2) is 42.5 Å². The Morgan fingerprint density at radius 2 is 1.88 bits per heavy atom. The molecule has 0 spiro atoms. The average Bonchev–Trinajstić information content (AvgIpc) is 2.35. The first kappa shape index (κ1) is 10.6. The van der Waals surface area contributed by atoms with Crippen molar-refractivity contribution in [3.8, 4) is 0 Å². The third-order valence-electron chi connectivity index (χ3n) is 2.54. The molecular weight excluding hydrogens is 200 g/mol. The minimum atomic E-state index is -0.132. The van der Waals surface area contributed by atoms with Gasteiger partial charge in [0.25, 0.3) is 0 Å². The second kappa shape index (κ2) is 4.77. The van der Waals surface area contributed by atoms with Gasteiger partial charge in [-0.15, -0.1) is 0 Å². The van der Waals surface area contributed by atoms with Crippen molar-refractivity contribution in [2.75, 3.05) is 6.54 Å². The molecule has 3 heteroatoms. The van der Waals surface area contributed by atoms with E-state index in [4.69, 9.17) is 5.73 Å². The summed E-state index contributed by atoms with van der Waals surface area (Å²) in [6.07, 6.45) is 0. The molecule has 0 saturated heterocycles.